The lowest BCUT2D eigenvalue weighted by atomic mass is 9.91. The van der Waals surface area contributed by atoms with Gasteiger partial charge in [0.25, 0.3) is 0 Å². The maximum atomic E-state index is 6.06. The van der Waals surface area contributed by atoms with E-state index < -0.39 is 0 Å². The summed E-state index contributed by atoms with van der Waals surface area (Å²) in [6.45, 7) is 11.3. The summed E-state index contributed by atoms with van der Waals surface area (Å²) >= 11 is 0. The van der Waals surface area contributed by atoms with Gasteiger partial charge in [0.2, 0.25) is 0 Å². The minimum Gasteiger partial charge on any atom is -0.467 e. The van der Waals surface area contributed by atoms with Crippen LogP contribution in [-0.2, 0) is 9.89 Å². The summed E-state index contributed by atoms with van der Waals surface area (Å²) in [5.74, 6) is 0.966. The average Bonchev–Trinajstić information content (AvgIpc) is 2.63. The van der Waals surface area contributed by atoms with Crippen molar-refractivity contribution in [3.63, 3.8) is 0 Å². The number of aryl methyl sites for hydroxylation is 3. The Bertz CT molecular complexity index is 832. The van der Waals surface area contributed by atoms with Crippen molar-refractivity contribution >= 4 is 20.1 Å². The highest BCUT2D eigenvalue weighted by molar-refractivity contribution is 7.48. The highest BCUT2D eigenvalue weighted by atomic mass is 31.1. The molecule has 0 N–H and O–H groups in total. The number of aliphatic imine (C=N–C) groups is 1. The van der Waals surface area contributed by atoms with Crippen molar-refractivity contribution in [3.05, 3.63) is 58.1 Å². The lowest BCUT2D eigenvalue weighted by Gasteiger charge is -2.33. The summed E-state index contributed by atoms with van der Waals surface area (Å²) in [7, 11) is 4.12. The van der Waals surface area contributed by atoms with E-state index in [1.54, 1.807) is 7.11 Å². The Morgan fingerprint density at radius 2 is 1.86 bits per heavy atom. The summed E-state index contributed by atoms with van der Waals surface area (Å²) in [6, 6.07) is 11.2. The highest BCUT2D eigenvalue weighted by Crippen LogP contribution is 2.49. The van der Waals surface area contributed by atoms with Crippen molar-refractivity contribution in [2.45, 2.75) is 52.6 Å². The average molecular weight is 400 g/mol. The van der Waals surface area contributed by atoms with Crippen molar-refractivity contribution in [1.29, 1.82) is 0 Å². The smallest absolute Gasteiger partial charge is 0.188 e. The van der Waals surface area contributed by atoms with Gasteiger partial charge in [0.15, 0.2) is 6.79 Å². The maximum absolute atomic E-state index is 6.06. The maximum Gasteiger partial charge on any atom is 0.188 e. The SMILES string of the molecule is CCCC(C)(Pc1ccc(C)cc1C=NC)c1cc(C)cc(C)c1OCOC. The van der Waals surface area contributed by atoms with Crippen molar-refractivity contribution in [2.75, 3.05) is 21.0 Å². The van der Waals surface area contributed by atoms with Crippen LogP contribution in [0, 0.1) is 20.8 Å². The third-order valence-corrected chi connectivity index (χ3v) is 6.77. The molecule has 0 aliphatic heterocycles. The van der Waals surface area contributed by atoms with Crippen LogP contribution in [0.15, 0.2) is 35.3 Å². The number of benzene rings is 2. The fourth-order valence-corrected chi connectivity index (χ4v) is 5.51. The van der Waals surface area contributed by atoms with Gasteiger partial charge >= 0.3 is 0 Å². The molecule has 2 atom stereocenters. The predicted molar refractivity (Wildman–Crippen MR) is 123 cm³/mol. The molecule has 0 aromatic heterocycles. The molecule has 0 saturated heterocycles. The molecule has 2 aromatic rings. The molecule has 3 nitrogen and oxygen atoms in total. The summed E-state index contributed by atoms with van der Waals surface area (Å²) in [4.78, 5) is 4.28. The van der Waals surface area contributed by atoms with Crippen LogP contribution in [0.5, 0.6) is 5.75 Å². The topological polar surface area (TPSA) is 30.8 Å². The zero-order chi connectivity index (χ0) is 20.7. The van der Waals surface area contributed by atoms with Crippen LogP contribution >= 0.6 is 8.58 Å². The Kier molecular flexibility index (Phi) is 8.22. The summed E-state index contributed by atoms with van der Waals surface area (Å²) in [5.41, 5.74) is 6.19. The molecule has 0 spiro atoms. The van der Waals surface area contributed by atoms with E-state index in [2.05, 4.69) is 69.9 Å². The molecule has 0 aliphatic rings. The van der Waals surface area contributed by atoms with Gasteiger partial charge in [-0.1, -0.05) is 64.2 Å². The summed E-state index contributed by atoms with van der Waals surface area (Å²) in [6.07, 6.45) is 4.18. The molecule has 152 valence electrons. The Morgan fingerprint density at radius 3 is 2.50 bits per heavy atom. The van der Waals surface area contributed by atoms with Gasteiger partial charge in [-0.3, -0.25) is 4.99 Å². The first-order chi connectivity index (χ1) is 13.3. The minimum absolute atomic E-state index is 0.0137. The molecule has 2 unspecified atom stereocenters. The van der Waals surface area contributed by atoms with Crippen LogP contribution < -0.4 is 10.0 Å². The van der Waals surface area contributed by atoms with Crippen LogP contribution in [0.25, 0.3) is 0 Å². The Morgan fingerprint density at radius 1 is 1.11 bits per heavy atom. The zero-order valence-corrected chi connectivity index (χ0v) is 19.3. The first-order valence-corrected chi connectivity index (χ1v) is 10.9. The Labute approximate surface area is 172 Å². The van der Waals surface area contributed by atoms with Crippen LogP contribution in [0.4, 0.5) is 0 Å². The highest BCUT2D eigenvalue weighted by Gasteiger charge is 2.31. The summed E-state index contributed by atoms with van der Waals surface area (Å²) < 4.78 is 11.3. The largest absolute Gasteiger partial charge is 0.467 e. The standard InChI is InChI=1S/C24H34NO2P/c1-8-11-24(5,28-22-10-9-17(2)13-20(22)15-25-6)21-14-18(3)12-19(4)23(21)27-16-26-7/h9-10,12-15,28H,8,11,16H2,1-7H3. The third kappa shape index (κ3) is 5.43. The van der Waals surface area contributed by atoms with E-state index in [1.165, 1.54) is 33.1 Å². The first kappa shape index (κ1) is 22.6. The Hall–Kier alpha value is -1.70. The van der Waals surface area contributed by atoms with E-state index in [9.17, 15) is 0 Å². The van der Waals surface area contributed by atoms with Gasteiger partial charge < -0.3 is 9.47 Å². The lowest BCUT2D eigenvalue weighted by Crippen LogP contribution is -2.23. The second-order valence-corrected chi connectivity index (χ2v) is 9.59. The van der Waals surface area contributed by atoms with E-state index in [0.717, 1.165) is 18.6 Å². The second kappa shape index (κ2) is 10.2. The van der Waals surface area contributed by atoms with Gasteiger partial charge in [0.1, 0.15) is 5.75 Å². The number of rotatable bonds is 9. The molecule has 0 saturated carbocycles. The number of methoxy groups -OCH3 is 1. The molecule has 4 heteroatoms. The van der Waals surface area contributed by atoms with E-state index >= 15 is 0 Å². The second-order valence-electron chi connectivity index (χ2n) is 7.69. The molecular formula is C24H34NO2P. The lowest BCUT2D eigenvalue weighted by molar-refractivity contribution is 0.0495. The van der Waals surface area contributed by atoms with Crippen molar-refractivity contribution < 1.29 is 9.47 Å². The number of hydrogen-bond donors (Lipinski definition) is 0. The van der Waals surface area contributed by atoms with Crippen molar-refractivity contribution in [1.82, 2.24) is 0 Å². The van der Waals surface area contributed by atoms with Gasteiger partial charge in [0.05, 0.1) is 0 Å². The quantitative estimate of drug-likeness (QED) is 0.309. The minimum atomic E-state index is -0.0137. The van der Waals surface area contributed by atoms with Crippen LogP contribution in [0.2, 0.25) is 0 Å². The van der Waals surface area contributed by atoms with Gasteiger partial charge in [-0.05, 0) is 49.7 Å². The van der Waals surface area contributed by atoms with Gasteiger partial charge in [0, 0.05) is 31.1 Å². The molecule has 2 rings (SSSR count). The Balaban J connectivity index is 2.58. The van der Waals surface area contributed by atoms with Crippen LogP contribution in [0.1, 0.15) is 54.5 Å². The third-order valence-electron chi connectivity index (χ3n) is 4.97. The van der Waals surface area contributed by atoms with E-state index in [-0.39, 0.29) is 11.9 Å². The number of ether oxygens (including phenoxy) is 2. The summed E-state index contributed by atoms with van der Waals surface area (Å²) in [5, 5.41) is 1.34. The van der Waals surface area contributed by atoms with Crippen LogP contribution in [0.3, 0.4) is 0 Å². The van der Waals surface area contributed by atoms with Crippen molar-refractivity contribution in [2.24, 2.45) is 4.99 Å². The molecule has 0 radical (unpaired) electrons. The first-order valence-electron chi connectivity index (χ1n) is 9.89. The normalized spacial score (nSPS) is 14.1. The molecule has 0 amide bonds. The van der Waals surface area contributed by atoms with E-state index in [1.807, 2.05) is 13.3 Å². The number of hydrogen-bond acceptors (Lipinski definition) is 3. The molecule has 0 bridgehead atoms. The molecule has 2 aromatic carbocycles. The fraction of sp³-hybridized carbons (Fsp3) is 0.458. The monoisotopic (exact) mass is 399 g/mol. The molecule has 0 aliphatic carbocycles. The van der Waals surface area contributed by atoms with Gasteiger partial charge in [-0.15, -0.1) is 0 Å². The zero-order valence-electron chi connectivity index (χ0n) is 18.3. The fourth-order valence-electron chi connectivity index (χ4n) is 3.78. The molecule has 0 fully saturated rings. The van der Waals surface area contributed by atoms with Gasteiger partial charge in [-0.2, -0.15) is 0 Å². The van der Waals surface area contributed by atoms with Crippen molar-refractivity contribution in [3.8, 4) is 5.75 Å². The van der Waals surface area contributed by atoms with Gasteiger partial charge in [-0.25, -0.2) is 0 Å². The van der Waals surface area contributed by atoms with E-state index in [0.29, 0.717) is 8.58 Å². The molecule has 28 heavy (non-hydrogen) atoms. The van der Waals surface area contributed by atoms with E-state index in [4.69, 9.17) is 9.47 Å². The van der Waals surface area contributed by atoms with Crippen LogP contribution in [-0.4, -0.2) is 27.2 Å². The molecular weight excluding hydrogens is 365 g/mol. The predicted octanol–water partition coefficient (Wildman–Crippen LogP) is 5.66. The molecule has 0 heterocycles. The number of nitrogens with zero attached hydrogens (tertiary/aromatic N) is 1.